The maximum absolute atomic E-state index is 12.2. The summed E-state index contributed by atoms with van der Waals surface area (Å²) in [6.45, 7) is 10.8. The van der Waals surface area contributed by atoms with E-state index in [0.29, 0.717) is 6.42 Å². The lowest BCUT2D eigenvalue weighted by atomic mass is 10.2. The fourth-order valence-corrected chi connectivity index (χ4v) is 3.82. The highest BCUT2D eigenvalue weighted by Crippen LogP contribution is 2.41. The van der Waals surface area contributed by atoms with Gasteiger partial charge in [-0.2, -0.15) is 0 Å². The topological polar surface area (TPSA) is 122 Å². The minimum Gasteiger partial charge on any atom is -0.409 e. The van der Waals surface area contributed by atoms with Crippen molar-refractivity contribution in [1.29, 1.82) is 0 Å². The average molecular weight is 367 g/mol. The molecule has 138 valence electrons. The highest BCUT2D eigenvalue weighted by atomic mass is 28.4. The van der Waals surface area contributed by atoms with Gasteiger partial charge in [0, 0.05) is 23.6 Å². The Bertz CT molecular complexity index is 775. The summed E-state index contributed by atoms with van der Waals surface area (Å²) in [7, 11) is -2.10. The van der Waals surface area contributed by atoms with Gasteiger partial charge in [-0.3, -0.25) is 14.3 Å². The van der Waals surface area contributed by atoms with Crippen molar-refractivity contribution in [2.24, 2.45) is 5.11 Å². The van der Waals surface area contributed by atoms with E-state index in [4.69, 9.17) is 14.7 Å². The van der Waals surface area contributed by atoms with Gasteiger partial charge in [-0.25, -0.2) is 4.79 Å². The van der Waals surface area contributed by atoms with Crippen molar-refractivity contribution in [1.82, 2.24) is 9.55 Å². The Morgan fingerprint density at radius 3 is 2.72 bits per heavy atom. The molecule has 1 saturated heterocycles. The van der Waals surface area contributed by atoms with Gasteiger partial charge >= 0.3 is 5.69 Å². The first kappa shape index (κ1) is 19.5. The Morgan fingerprint density at radius 2 is 2.16 bits per heavy atom. The van der Waals surface area contributed by atoms with Crippen LogP contribution in [0.3, 0.4) is 0 Å². The minimum absolute atomic E-state index is 0.00357. The third-order valence-electron chi connectivity index (χ3n) is 4.87. The highest BCUT2D eigenvalue weighted by molar-refractivity contribution is 6.74. The second-order valence-corrected chi connectivity index (χ2v) is 12.5. The fraction of sp³-hybridized carbons (Fsp3) is 0.733. The number of ether oxygens (including phenoxy) is 1. The smallest absolute Gasteiger partial charge is 0.330 e. The van der Waals surface area contributed by atoms with E-state index in [0.717, 1.165) is 0 Å². The molecule has 0 bridgehead atoms. The van der Waals surface area contributed by atoms with Crippen molar-refractivity contribution < 1.29 is 9.16 Å². The summed E-state index contributed by atoms with van der Waals surface area (Å²) in [5.41, 5.74) is 7.51. The molecule has 1 aliphatic heterocycles. The van der Waals surface area contributed by atoms with E-state index in [-0.39, 0.29) is 23.8 Å². The van der Waals surface area contributed by atoms with Gasteiger partial charge in [-0.05, 0) is 23.7 Å². The number of nitrogens with zero attached hydrogens (tertiary/aromatic N) is 4. The molecule has 1 N–H and O–H groups in total. The molecule has 0 radical (unpaired) electrons. The predicted octanol–water partition coefficient (Wildman–Crippen LogP) is 2.52. The number of hydrogen-bond donors (Lipinski definition) is 1. The number of aromatic amines is 1. The van der Waals surface area contributed by atoms with Crippen molar-refractivity contribution in [2.45, 2.75) is 63.8 Å². The lowest BCUT2D eigenvalue weighted by molar-refractivity contribution is -0.0335. The molecule has 0 aliphatic carbocycles. The molecular formula is C15H25N5O4Si. The van der Waals surface area contributed by atoms with Crippen LogP contribution in [0.2, 0.25) is 18.1 Å². The van der Waals surface area contributed by atoms with Gasteiger partial charge in [0.15, 0.2) is 14.5 Å². The Hall–Kier alpha value is -1.87. The van der Waals surface area contributed by atoms with E-state index in [2.05, 4.69) is 48.9 Å². The van der Waals surface area contributed by atoms with Gasteiger partial charge in [0.1, 0.15) is 0 Å². The van der Waals surface area contributed by atoms with Gasteiger partial charge in [0.05, 0.1) is 18.8 Å². The number of H-pyrrole nitrogens is 1. The molecule has 0 aromatic carbocycles. The van der Waals surface area contributed by atoms with Crippen LogP contribution in [0.15, 0.2) is 27.0 Å². The molecule has 2 heterocycles. The molecule has 1 aromatic rings. The number of aromatic nitrogens is 2. The van der Waals surface area contributed by atoms with Crippen molar-refractivity contribution in [2.75, 3.05) is 6.54 Å². The number of azide groups is 1. The summed E-state index contributed by atoms with van der Waals surface area (Å²) in [5.74, 6) is 0. The maximum Gasteiger partial charge on any atom is 0.330 e. The third kappa shape index (κ3) is 4.40. The summed E-state index contributed by atoms with van der Waals surface area (Å²) in [5, 5.41) is 3.56. The van der Waals surface area contributed by atoms with Crippen LogP contribution in [0.5, 0.6) is 0 Å². The van der Waals surface area contributed by atoms with E-state index in [1.165, 1.54) is 16.8 Å². The largest absolute Gasteiger partial charge is 0.409 e. The first-order valence-electron chi connectivity index (χ1n) is 8.21. The molecule has 3 atom stereocenters. The first-order chi connectivity index (χ1) is 11.5. The minimum atomic E-state index is -2.10. The molecule has 0 amide bonds. The predicted molar refractivity (Wildman–Crippen MR) is 95.9 cm³/mol. The Kier molecular flexibility index (Phi) is 5.57. The third-order valence-corrected chi connectivity index (χ3v) is 9.38. The zero-order valence-corrected chi connectivity index (χ0v) is 16.2. The zero-order valence-electron chi connectivity index (χ0n) is 15.2. The molecule has 10 heteroatoms. The summed E-state index contributed by atoms with van der Waals surface area (Å²) < 4.78 is 13.7. The van der Waals surface area contributed by atoms with Gasteiger partial charge in [-0.1, -0.05) is 25.9 Å². The van der Waals surface area contributed by atoms with Gasteiger partial charge < -0.3 is 9.16 Å². The van der Waals surface area contributed by atoms with Crippen LogP contribution >= 0.6 is 0 Å². The zero-order chi connectivity index (χ0) is 18.8. The normalized spacial score (nSPS) is 24.1. The van der Waals surface area contributed by atoms with Crippen LogP contribution in [-0.4, -0.2) is 36.6 Å². The SMILES string of the molecule is CC(C)(C)[Si](C)(C)O[C@@H]1C[C@@H](CN=[N+]=[N-])O[C@H]1n1ccc(=O)[nH]c1=O. The second-order valence-electron chi connectivity index (χ2n) is 7.73. The Morgan fingerprint density at radius 1 is 1.48 bits per heavy atom. The van der Waals surface area contributed by atoms with E-state index in [1.54, 1.807) is 0 Å². The molecule has 0 unspecified atom stereocenters. The van der Waals surface area contributed by atoms with Crippen molar-refractivity contribution >= 4 is 8.32 Å². The van der Waals surface area contributed by atoms with Gasteiger partial charge in [0.25, 0.3) is 5.56 Å². The fourth-order valence-electron chi connectivity index (χ4n) is 2.49. The van der Waals surface area contributed by atoms with Gasteiger partial charge in [-0.15, -0.1) is 0 Å². The van der Waals surface area contributed by atoms with Crippen LogP contribution in [0.4, 0.5) is 0 Å². The Labute approximate surface area is 146 Å². The highest BCUT2D eigenvalue weighted by Gasteiger charge is 2.45. The molecular weight excluding hydrogens is 342 g/mol. The van der Waals surface area contributed by atoms with Crippen molar-refractivity contribution in [3.63, 3.8) is 0 Å². The lowest BCUT2D eigenvalue weighted by Crippen LogP contribution is -2.46. The van der Waals surface area contributed by atoms with Crippen LogP contribution in [0, 0.1) is 0 Å². The molecule has 2 rings (SSSR count). The summed E-state index contributed by atoms with van der Waals surface area (Å²) >= 11 is 0. The van der Waals surface area contributed by atoms with E-state index >= 15 is 0 Å². The summed E-state index contributed by atoms with van der Waals surface area (Å²) in [6, 6.07) is 1.27. The van der Waals surface area contributed by atoms with E-state index in [1.807, 2.05) is 0 Å². The van der Waals surface area contributed by atoms with Crippen molar-refractivity contribution in [3.8, 4) is 0 Å². The Balaban J connectivity index is 2.34. The van der Waals surface area contributed by atoms with Crippen LogP contribution in [0.25, 0.3) is 10.4 Å². The molecule has 1 aliphatic rings. The quantitative estimate of drug-likeness (QED) is 0.372. The number of hydrogen-bond acceptors (Lipinski definition) is 5. The molecule has 0 saturated carbocycles. The van der Waals surface area contributed by atoms with E-state index < -0.39 is 25.8 Å². The maximum atomic E-state index is 12.2. The molecule has 9 nitrogen and oxygen atoms in total. The summed E-state index contributed by atoms with van der Waals surface area (Å²) in [4.78, 5) is 28.5. The first-order valence-corrected chi connectivity index (χ1v) is 11.1. The molecule has 0 spiro atoms. The second kappa shape index (κ2) is 7.16. The standard InChI is InChI=1S/C15H25N5O4Si/c1-15(2,3)25(4,5)24-11-8-10(9-17-19-16)23-13(11)20-7-6-12(21)18-14(20)22/h6-7,10-11,13H,8-9H2,1-5H3,(H,18,21,22)/t10-,11+,13+/m0/s1. The number of rotatable bonds is 5. The number of nitrogens with one attached hydrogen (secondary N) is 1. The monoisotopic (exact) mass is 367 g/mol. The van der Waals surface area contributed by atoms with Crippen LogP contribution in [0.1, 0.15) is 33.4 Å². The molecule has 25 heavy (non-hydrogen) atoms. The van der Waals surface area contributed by atoms with Crippen LogP contribution < -0.4 is 11.2 Å². The van der Waals surface area contributed by atoms with Crippen LogP contribution in [-0.2, 0) is 9.16 Å². The van der Waals surface area contributed by atoms with E-state index in [9.17, 15) is 9.59 Å². The summed E-state index contributed by atoms with van der Waals surface area (Å²) in [6.07, 6.45) is 0.557. The van der Waals surface area contributed by atoms with Crippen molar-refractivity contribution in [3.05, 3.63) is 43.5 Å². The lowest BCUT2D eigenvalue weighted by Gasteiger charge is -2.39. The molecule has 1 aromatic heterocycles. The molecule has 1 fully saturated rings. The average Bonchev–Trinajstić information content (AvgIpc) is 2.86. The van der Waals surface area contributed by atoms with Gasteiger partial charge in [0.2, 0.25) is 0 Å².